The summed E-state index contributed by atoms with van der Waals surface area (Å²) in [4.78, 5) is 25.0. The zero-order valence-corrected chi connectivity index (χ0v) is 26.3. The highest BCUT2D eigenvalue weighted by Gasteiger charge is 2.33. The van der Waals surface area contributed by atoms with Crippen LogP contribution in [0.15, 0.2) is 36.5 Å². The van der Waals surface area contributed by atoms with Crippen LogP contribution >= 0.6 is 0 Å². The maximum atomic E-state index is 11.7. The van der Waals surface area contributed by atoms with Gasteiger partial charge in [0.2, 0.25) is 0 Å². The summed E-state index contributed by atoms with van der Waals surface area (Å²) in [6.07, 6.45) is 3.84. The Bertz CT molecular complexity index is 1420. The van der Waals surface area contributed by atoms with Crippen LogP contribution < -0.4 is 10.2 Å². The van der Waals surface area contributed by atoms with E-state index in [9.17, 15) is 9.90 Å². The smallest absolute Gasteiger partial charge is 0.407 e. The lowest BCUT2D eigenvalue weighted by molar-refractivity contribution is 0.0811. The Morgan fingerprint density at radius 1 is 1.19 bits per heavy atom. The average Bonchev–Trinajstić information content (AvgIpc) is 3.33. The summed E-state index contributed by atoms with van der Waals surface area (Å²) in [6.45, 7) is 15.0. The van der Waals surface area contributed by atoms with E-state index in [2.05, 4.69) is 35.9 Å². The van der Waals surface area contributed by atoms with Gasteiger partial charge in [-0.3, -0.25) is 4.90 Å². The van der Waals surface area contributed by atoms with Gasteiger partial charge in [0.15, 0.2) is 5.65 Å². The van der Waals surface area contributed by atoms with Gasteiger partial charge in [-0.1, -0.05) is 31.8 Å². The monoisotopic (exact) mass is 593 g/mol. The molecule has 1 saturated heterocycles. The van der Waals surface area contributed by atoms with Gasteiger partial charge in [0.05, 0.1) is 48.6 Å². The highest BCUT2D eigenvalue weighted by Crippen LogP contribution is 2.33. The third kappa shape index (κ3) is 6.93. The Morgan fingerprint density at radius 3 is 2.67 bits per heavy atom. The number of anilines is 2. The van der Waals surface area contributed by atoms with Crippen molar-refractivity contribution in [2.24, 2.45) is 0 Å². The average molecular weight is 594 g/mol. The molecule has 0 saturated carbocycles. The topological polar surface area (TPSA) is 118 Å². The van der Waals surface area contributed by atoms with Crippen molar-refractivity contribution in [3.63, 3.8) is 0 Å². The molecular weight excluding hydrogens is 550 g/mol. The van der Waals surface area contributed by atoms with Crippen molar-refractivity contribution in [2.45, 2.75) is 71.3 Å². The number of hydrogen-bond acceptors (Lipinski definition) is 8. The zero-order chi connectivity index (χ0) is 29.9. The van der Waals surface area contributed by atoms with Crippen LogP contribution in [-0.4, -0.2) is 88.9 Å². The SMILES string of the molecule is C[C@@H]1CN(c2cccc(CNc3ccnc4c3c(C3=CCOCC3)nn4COCC[Si](C)(C)C)n2)C[C@H](C)N1C(=O)O. The molecule has 0 unspecified atom stereocenters. The molecule has 2 aliphatic heterocycles. The van der Waals surface area contributed by atoms with Crippen LogP contribution in [0.3, 0.4) is 0 Å². The van der Waals surface area contributed by atoms with Crippen molar-refractivity contribution in [1.82, 2.24) is 24.6 Å². The molecule has 5 heterocycles. The van der Waals surface area contributed by atoms with E-state index >= 15 is 0 Å². The van der Waals surface area contributed by atoms with E-state index in [1.165, 1.54) is 4.90 Å². The van der Waals surface area contributed by atoms with Crippen molar-refractivity contribution in [3.05, 3.63) is 47.9 Å². The second-order valence-corrected chi connectivity index (χ2v) is 18.1. The van der Waals surface area contributed by atoms with Crippen molar-refractivity contribution in [1.29, 1.82) is 0 Å². The largest absolute Gasteiger partial charge is 0.465 e. The first-order valence-corrected chi connectivity index (χ1v) is 18.5. The summed E-state index contributed by atoms with van der Waals surface area (Å²) >= 11 is 0. The number of rotatable bonds is 10. The number of aromatic nitrogens is 4. The molecule has 0 radical (unpaired) electrons. The lowest BCUT2D eigenvalue weighted by Gasteiger charge is -2.43. The first-order chi connectivity index (χ1) is 20.1. The molecule has 0 aliphatic carbocycles. The molecule has 3 aromatic heterocycles. The quantitative estimate of drug-likeness (QED) is 0.244. The van der Waals surface area contributed by atoms with Gasteiger partial charge < -0.3 is 24.8 Å². The fourth-order valence-electron chi connectivity index (χ4n) is 5.65. The minimum Gasteiger partial charge on any atom is -0.465 e. The molecule has 2 N–H and O–H groups in total. The first-order valence-electron chi connectivity index (χ1n) is 14.8. The first kappa shape index (κ1) is 30.0. The van der Waals surface area contributed by atoms with E-state index in [4.69, 9.17) is 24.5 Å². The van der Waals surface area contributed by atoms with Gasteiger partial charge in [0, 0.05) is 39.7 Å². The molecular formula is C30H43N7O4Si. The number of pyridine rings is 2. The van der Waals surface area contributed by atoms with Crippen molar-refractivity contribution in [3.8, 4) is 0 Å². The molecule has 1 amide bonds. The minimum absolute atomic E-state index is 0.117. The van der Waals surface area contributed by atoms with Gasteiger partial charge >= 0.3 is 6.09 Å². The summed E-state index contributed by atoms with van der Waals surface area (Å²) in [5, 5.41) is 19.1. The summed E-state index contributed by atoms with van der Waals surface area (Å²) in [5.41, 5.74) is 4.70. The van der Waals surface area contributed by atoms with Crippen LogP contribution in [-0.2, 0) is 22.7 Å². The van der Waals surface area contributed by atoms with Crippen LogP contribution in [0.25, 0.3) is 16.6 Å². The molecule has 3 aromatic rings. The van der Waals surface area contributed by atoms with E-state index in [1.807, 2.05) is 49.0 Å². The number of nitrogens with one attached hydrogen (secondary N) is 1. The predicted octanol–water partition coefficient (Wildman–Crippen LogP) is 5.13. The summed E-state index contributed by atoms with van der Waals surface area (Å²) in [5.74, 6) is 0.856. The molecule has 42 heavy (non-hydrogen) atoms. The number of fused-ring (bicyclic) bond motifs is 1. The maximum absolute atomic E-state index is 11.7. The Labute approximate surface area is 248 Å². The minimum atomic E-state index is -1.19. The molecule has 226 valence electrons. The van der Waals surface area contributed by atoms with Crippen LogP contribution in [0.1, 0.15) is 31.7 Å². The zero-order valence-electron chi connectivity index (χ0n) is 25.3. The Balaban J connectivity index is 1.36. The maximum Gasteiger partial charge on any atom is 0.407 e. The molecule has 0 aromatic carbocycles. The van der Waals surface area contributed by atoms with Crippen molar-refractivity contribution < 1.29 is 19.4 Å². The summed E-state index contributed by atoms with van der Waals surface area (Å²) in [6, 6.07) is 8.86. The summed E-state index contributed by atoms with van der Waals surface area (Å²) < 4.78 is 13.5. The molecule has 2 atom stereocenters. The molecule has 5 rings (SSSR count). The highest BCUT2D eigenvalue weighted by molar-refractivity contribution is 6.76. The number of hydrogen-bond donors (Lipinski definition) is 2. The number of piperazine rings is 1. The van der Waals surface area contributed by atoms with E-state index in [-0.39, 0.29) is 12.1 Å². The Morgan fingerprint density at radius 2 is 1.98 bits per heavy atom. The van der Waals surface area contributed by atoms with Crippen LogP contribution in [0.5, 0.6) is 0 Å². The van der Waals surface area contributed by atoms with Gasteiger partial charge in [0.25, 0.3) is 0 Å². The predicted molar refractivity (Wildman–Crippen MR) is 168 cm³/mol. The third-order valence-electron chi connectivity index (χ3n) is 7.83. The van der Waals surface area contributed by atoms with E-state index in [1.54, 1.807) is 0 Å². The molecule has 2 aliphatic rings. The van der Waals surface area contributed by atoms with Crippen LogP contribution in [0.2, 0.25) is 25.7 Å². The molecule has 11 nitrogen and oxygen atoms in total. The Kier molecular flexibility index (Phi) is 9.14. The Hall–Kier alpha value is -3.48. The number of carbonyl (C=O) groups is 1. The standard InChI is InChI=1S/C30H43N7O4Si/c1-21-18-35(19-22(2)37(21)30(38)39)26-8-6-7-24(33-26)17-32-25-9-12-31-29-27(25)28(23-10-13-40-14-11-23)34-36(29)20-41-15-16-42(3,4)5/h6-10,12,21-22H,11,13-20H2,1-5H3,(H,31,32)(H,38,39)/t21-,22+. The van der Waals surface area contributed by atoms with Crippen LogP contribution in [0.4, 0.5) is 16.3 Å². The number of carboxylic acid groups (broad SMARTS) is 1. The number of ether oxygens (including phenoxy) is 2. The fraction of sp³-hybridized carbons (Fsp3) is 0.533. The molecule has 0 bridgehead atoms. The molecule has 12 heteroatoms. The second-order valence-electron chi connectivity index (χ2n) is 12.4. The number of nitrogens with zero attached hydrogens (tertiary/aromatic N) is 6. The van der Waals surface area contributed by atoms with E-state index < -0.39 is 14.2 Å². The van der Waals surface area contributed by atoms with Crippen molar-refractivity contribution in [2.75, 3.05) is 43.1 Å². The molecule has 0 spiro atoms. The second kappa shape index (κ2) is 12.8. The fourth-order valence-corrected chi connectivity index (χ4v) is 6.40. The lowest BCUT2D eigenvalue weighted by atomic mass is 10.0. The third-order valence-corrected chi connectivity index (χ3v) is 9.53. The van der Waals surface area contributed by atoms with Gasteiger partial charge in [0.1, 0.15) is 12.5 Å². The van der Waals surface area contributed by atoms with E-state index in [0.717, 1.165) is 52.0 Å². The van der Waals surface area contributed by atoms with E-state index in [0.29, 0.717) is 46.2 Å². The number of amides is 1. The molecule has 1 fully saturated rings. The summed E-state index contributed by atoms with van der Waals surface area (Å²) in [7, 11) is -1.19. The van der Waals surface area contributed by atoms with Gasteiger partial charge in [-0.25, -0.2) is 19.4 Å². The van der Waals surface area contributed by atoms with Gasteiger partial charge in [-0.2, -0.15) is 5.10 Å². The van der Waals surface area contributed by atoms with Crippen LogP contribution in [0, 0.1) is 0 Å². The normalized spacial score (nSPS) is 19.7. The van der Waals surface area contributed by atoms with Gasteiger partial charge in [-0.05, 0) is 50.1 Å². The van der Waals surface area contributed by atoms with Crippen molar-refractivity contribution >= 4 is 42.3 Å². The van der Waals surface area contributed by atoms with Gasteiger partial charge in [-0.15, -0.1) is 0 Å². The lowest BCUT2D eigenvalue weighted by Crippen LogP contribution is -2.58. The highest BCUT2D eigenvalue weighted by atomic mass is 28.3.